The van der Waals surface area contributed by atoms with Crippen molar-refractivity contribution in [3.05, 3.63) is 48.3 Å². The zero-order valence-electron chi connectivity index (χ0n) is 11.7. The van der Waals surface area contributed by atoms with E-state index in [0.717, 1.165) is 31.8 Å². The first kappa shape index (κ1) is 13.7. The highest BCUT2D eigenvalue weighted by atomic mass is 15.1. The number of aryl methyl sites for hydroxylation is 1. The smallest absolute Gasteiger partial charge is 0.110 e. The van der Waals surface area contributed by atoms with Crippen molar-refractivity contribution in [3.63, 3.8) is 0 Å². The van der Waals surface area contributed by atoms with Crippen LogP contribution < -0.4 is 5.32 Å². The van der Waals surface area contributed by atoms with Gasteiger partial charge in [0.2, 0.25) is 0 Å². The number of nitrogens with zero attached hydrogens (tertiary/aromatic N) is 3. The van der Waals surface area contributed by atoms with Gasteiger partial charge in [0, 0.05) is 43.8 Å². The molecule has 1 unspecified atom stereocenters. The first-order valence-electron chi connectivity index (χ1n) is 6.95. The van der Waals surface area contributed by atoms with Crippen LogP contribution in [0.1, 0.15) is 25.2 Å². The van der Waals surface area contributed by atoms with Crippen LogP contribution in [0, 0.1) is 0 Å². The molecule has 0 spiro atoms. The fourth-order valence-electron chi connectivity index (χ4n) is 2.35. The Kier molecular flexibility index (Phi) is 5.10. The number of hydrogen-bond donors (Lipinski definition) is 1. The molecule has 2 aromatic heterocycles. The van der Waals surface area contributed by atoms with Gasteiger partial charge in [-0.3, -0.25) is 4.98 Å². The summed E-state index contributed by atoms with van der Waals surface area (Å²) in [5.74, 6) is 1.15. The van der Waals surface area contributed by atoms with E-state index in [4.69, 9.17) is 0 Å². The predicted octanol–water partition coefficient (Wildman–Crippen LogP) is 2.06. The average molecular weight is 258 g/mol. The standard InChI is InChI=1S/C15H22N4/c1-3-17-14(10-13-6-5-7-16-12-13)11-15-18-8-9-19(15)4-2/h5-9,12,14,17H,3-4,10-11H2,1-2H3. The summed E-state index contributed by atoms with van der Waals surface area (Å²) in [6.45, 7) is 6.23. The summed E-state index contributed by atoms with van der Waals surface area (Å²) in [6.07, 6.45) is 9.61. The zero-order valence-corrected chi connectivity index (χ0v) is 11.7. The van der Waals surface area contributed by atoms with Gasteiger partial charge in [-0.2, -0.15) is 0 Å². The number of imidazole rings is 1. The second-order valence-electron chi connectivity index (χ2n) is 4.65. The Morgan fingerprint density at radius 3 is 2.84 bits per heavy atom. The third kappa shape index (κ3) is 3.89. The third-order valence-corrected chi connectivity index (χ3v) is 3.27. The lowest BCUT2D eigenvalue weighted by molar-refractivity contribution is 0.498. The molecule has 0 bridgehead atoms. The van der Waals surface area contributed by atoms with E-state index in [9.17, 15) is 0 Å². The number of likely N-dealkylation sites (N-methyl/N-ethyl adjacent to an activating group) is 1. The molecule has 4 nitrogen and oxygen atoms in total. The quantitative estimate of drug-likeness (QED) is 0.826. The highest BCUT2D eigenvalue weighted by Gasteiger charge is 2.12. The van der Waals surface area contributed by atoms with Crippen LogP contribution in [0.25, 0.3) is 0 Å². The van der Waals surface area contributed by atoms with Gasteiger partial charge in [0.1, 0.15) is 5.82 Å². The van der Waals surface area contributed by atoms with Crippen LogP contribution in [-0.4, -0.2) is 27.1 Å². The lowest BCUT2D eigenvalue weighted by atomic mass is 10.0. The monoisotopic (exact) mass is 258 g/mol. The van der Waals surface area contributed by atoms with E-state index >= 15 is 0 Å². The predicted molar refractivity (Wildman–Crippen MR) is 77.0 cm³/mol. The summed E-state index contributed by atoms with van der Waals surface area (Å²) in [4.78, 5) is 8.64. The number of aromatic nitrogens is 3. The average Bonchev–Trinajstić information content (AvgIpc) is 2.87. The Morgan fingerprint density at radius 1 is 1.26 bits per heavy atom. The molecule has 0 aliphatic rings. The summed E-state index contributed by atoms with van der Waals surface area (Å²) in [5.41, 5.74) is 1.27. The van der Waals surface area contributed by atoms with Gasteiger partial charge in [-0.15, -0.1) is 0 Å². The fourth-order valence-corrected chi connectivity index (χ4v) is 2.35. The molecule has 0 saturated carbocycles. The van der Waals surface area contributed by atoms with Crippen LogP contribution in [0.4, 0.5) is 0 Å². The lowest BCUT2D eigenvalue weighted by Gasteiger charge is -2.18. The van der Waals surface area contributed by atoms with Crippen LogP contribution >= 0.6 is 0 Å². The third-order valence-electron chi connectivity index (χ3n) is 3.27. The van der Waals surface area contributed by atoms with Gasteiger partial charge in [-0.1, -0.05) is 13.0 Å². The number of nitrogens with one attached hydrogen (secondary N) is 1. The molecule has 0 aliphatic carbocycles. The second kappa shape index (κ2) is 7.04. The van der Waals surface area contributed by atoms with Crippen LogP contribution in [0.2, 0.25) is 0 Å². The van der Waals surface area contributed by atoms with Crippen LogP contribution in [0.15, 0.2) is 36.9 Å². The van der Waals surface area contributed by atoms with Crippen molar-refractivity contribution >= 4 is 0 Å². The van der Waals surface area contributed by atoms with E-state index in [0.29, 0.717) is 6.04 Å². The highest BCUT2D eigenvalue weighted by Crippen LogP contribution is 2.07. The minimum Gasteiger partial charge on any atom is -0.335 e. The van der Waals surface area contributed by atoms with E-state index in [-0.39, 0.29) is 0 Å². The Morgan fingerprint density at radius 2 is 2.16 bits per heavy atom. The van der Waals surface area contributed by atoms with Crippen molar-refractivity contribution in [2.24, 2.45) is 0 Å². The fraction of sp³-hybridized carbons (Fsp3) is 0.467. The van der Waals surface area contributed by atoms with Crippen LogP contribution in [0.3, 0.4) is 0 Å². The molecule has 0 fully saturated rings. The summed E-state index contributed by atoms with van der Waals surface area (Å²) in [7, 11) is 0. The van der Waals surface area contributed by atoms with Gasteiger partial charge < -0.3 is 9.88 Å². The maximum absolute atomic E-state index is 4.46. The Balaban J connectivity index is 2.04. The molecule has 4 heteroatoms. The first-order chi connectivity index (χ1) is 9.33. The first-order valence-corrected chi connectivity index (χ1v) is 6.95. The summed E-state index contributed by atoms with van der Waals surface area (Å²) < 4.78 is 2.20. The van der Waals surface area contributed by atoms with Crippen molar-refractivity contribution in [1.82, 2.24) is 19.9 Å². The van der Waals surface area contributed by atoms with Gasteiger partial charge in [0.05, 0.1) is 0 Å². The minimum absolute atomic E-state index is 0.405. The van der Waals surface area contributed by atoms with Gasteiger partial charge in [-0.05, 0) is 31.5 Å². The van der Waals surface area contributed by atoms with E-state index in [1.165, 1.54) is 5.56 Å². The molecule has 102 valence electrons. The zero-order chi connectivity index (χ0) is 13.5. The molecule has 2 heterocycles. The summed E-state index contributed by atoms with van der Waals surface area (Å²) in [5, 5.41) is 3.54. The van der Waals surface area contributed by atoms with E-state index in [1.54, 1.807) is 0 Å². The largest absolute Gasteiger partial charge is 0.335 e. The molecule has 0 radical (unpaired) electrons. The van der Waals surface area contributed by atoms with Crippen molar-refractivity contribution in [1.29, 1.82) is 0 Å². The van der Waals surface area contributed by atoms with Gasteiger partial charge >= 0.3 is 0 Å². The number of hydrogen-bond acceptors (Lipinski definition) is 3. The molecule has 2 aromatic rings. The molecule has 2 rings (SSSR count). The molecule has 1 atom stereocenters. The van der Waals surface area contributed by atoms with Gasteiger partial charge in [0.25, 0.3) is 0 Å². The second-order valence-corrected chi connectivity index (χ2v) is 4.65. The topological polar surface area (TPSA) is 42.7 Å². The van der Waals surface area contributed by atoms with Crippen LogP contribution in [-0.2, 0) is 19.4 Å². The summed E-state index contributed by atoms with van der Waals surface area (Å²) in [6, 6.07) is 4.52. The maximum atomic E-state index is 4.46. The SMILES string of the molecule is CCNC(Cc1cccnc1)Cc1nccn1CC. The highest BCUT2D eigenvalue weighted by molar-refractivity contribution is 5.11. The Bertz CT molecular complexity index is 478. The molecule has 0 saturated heterocycles. The van der Waals surface area contributed by atoms with Gasteiger partial charge in [0.15, 0.2) is 0 Å². The Labute approximate surface area is 114 Å². The summed E-state index contributed by atoms with van der Waals surface area (Å²) >= 11 is 0. The van der Waals surface area contributed by atoms with E-state index in [1.807, 2.05) is 30.9 Å². The Hall–Kier alpha value is -1.68. The van der Waals surface area contributed by atoms with Crippen molar-refractivity contribution in [2.75, 3.05) is 6.54 Å². The molecule has 0 amide bonds. The van der Waals surface area contributed by atoms with Crippen molar-refractivity contribution < 1.29 is 0 Å². The van der Waals surface area contributed by atoms with E-state index in [2.05, 4.69) is 39.8 Å². The van der Waals surface area contributed by atoms with Gasteiger partial charge in [-0.25, -0.2) is 4.98 Å². The number of rotatable bonds is 7. The molecular weight excluding hydrogens is 236 g/mol. The molecule has 0 aromatic carbocycles. The maximum Gasteiger partial charge on any atom is 0.110 e. The van der Waals surface area contributed by atoms with Crippen LogP contribution in [0.5, 0.6) is 0 Å². The number of pyridine rings is 1. The molecule has 0 aliphatic heterocycles. The lowest BCUT2D eigenvalue weighted by Crippen LogP contribution is -2.34. The normalized spacial score (nSPS) is 12.5. The van der Waals surface area contributed by atoms with Crippen molar-refractivity contribution in [2.45, 2.75) is 39.3 Å². The minimum atomic E-state index is 0.405. The van der Waals surface area contributed by atoms with E-state index < -0.39 is 0 Å². The van der Waals surface area contributed by atoms with Crippen molar-refractivity contribution in [3.8, 4) is 0 Å². The molecule has 19 heavy (non-hydrogen) atoms. The molecule has 1 N–H and O–H groups in total. The molecular formula is C15H22N4.